The smallest absolute Gasteiger partial charge is 0.0410 e. The Balaban J connectivity index is 2.43. The van der Waals surface area contributed by atoms with Gasteiger partial charge in [0.1, 0.15) is 0 Å². The van der Waals surface area contributed by atoms with E-state index in [1.54, 1.807) is 0 Å². The molecule has 0 aliphatic carbocycles. The fourth-order valence-corrected chi connectivity index (χ4v) is 0. The summed E-state index contributed by atoms with van der Waals surface area (Å²) in [4.78, 5) is 0. The fourth-order valence-electron chi connectivity index (χ4n) is 0. The van der Waals surface area contributed by atoms with E-state index in [1.165, 1.54) is 0 Å². The van der Waals surface area contributed by atoms with Crippen molar-refractivity contribution in [3.8, 4) is 12.5 Å². The molecule has 0 saturated carbocycles. The first-order valence-corrected chi connectivity index (χ1v) is 0.892. The highest BCUT2D eigenvalue weighted by atomic mass is 14.8. The maximum absolute atomic E-state index is 4.60. The van der Waals surface area contributed by atoms with Gasteiger partial charge in [-0.2, -0.15) is 0 Å². The van der Waals surface area contributed by atoms with Crippen LogP contribution < -0.4 is 5.32 Å². The molecular formula is C3H4N. The molecule has 0 aromatic rings. The van der Waals surface area contributed by atoms with Crippen molar-refractivity contribution in [1.29, 1.82) is 0 Å². The lowest BCUT2D eigenvalue weighted by atomic mass is 11.1. The predicted molar refractivity (Wildman–Crippen MR) is 17.3 cm³/mol. The van der Waals surface area contributed by atoms with Crippen molar-refractivity contribution in [2.75, 3.05) is 0 Å². The third-order valence-corrected chi connectivity index (χ3v) is 0.102. The molecule has 1 radical (unpaired) electrons. The van der Waals surface area contributed by atoms with Crippen LogP contribution in [0, 0.1) is 19.5 Å². The largest absolute Gasteiger partial charge is 0.344 e. The Morgan fingerprint density at radius 2 is 2.25 bits per heavy atom. The molecule has 0 bridgehead atoms. The van der Waals surface area contributed by atoms with E-state index in [1.807, 2.05) is 0 Å². The van der Waals surface area contributed by atoms with Gasteiger partial charge in [0.2, 0.25) is 0 Å². The Kier molecular flexibility index (Phi) is 1.98. The standard InChI is InChI=1S/C3H4N/c1-3-4-2/h1,4H,2H2. The molecule has 0 spiro atoms. The summed E-state index contributed by atoms with van der Waals surface area (Å²) in [7, 11) is 3.12. The molecule has 1 nitrogen and oxygen atoms in total. The third kappa shape index (κ3) is 1.36. The van der Waals surface area contributed by atoms with Crippen LogP contribution in [0.3, 0.4) is 0 Å². The molecule has 0 saturated heterocycles. The minimum absolute atomic E-state index is 2.07. The van der Waals surface area contributed by atoms with Crippen molar-refractivity contribution in [1.82, 2.24) is 5.32 Å². The first-order chi connectivity index (χ1) is 1.91. The molecule has 0 aliphatic rings. The van der Waals surface area contributed by atoms with Crippen LogP contribution in [0.4, 0.5) is 0 Å². The van der Waals surface area contributed by atoms with Crippen LogP contribution in [0.2, 0.25) is 0 Å². The summed E-state index contributed by atoms with van der Waals surface area (Å²) in [6, 6.07) is 2.07. The normalized spacial score (nSPS) is 4.00. The second kappa shape index (κ2) is 2.36. The van der Waals surface area contributed by atoms with Gasteiger partial charge in [-0.1, -0.05) is 6.42 Å². The fraction of sp³-hybridized carbons (Fsp3) is 0. The quantitative estimate of drug-likeness (QED) is 0.302. The van der Waals surface area contributed by atoms with E-state index in [4.69, 9.17) is 0 Å². The van der Waals surface area contributed by atoms with Gasteiger partial charge in [0.25, 0.3) is 0 Å². The van der Waals surface area contributed by atoms with Gasteiger partial charge in [-0.05, 0) is 0 Å². The number of hydrogen-bond donors (Lipinski definition) is 1. The van der Waals surface area contributed by atoms with Crippen molar-refractivity contribution in [2.24, 2.45) is 0 Å². The molecule has 0 amide bonds. The van der Waals surface area contributed by atoms with Crippen LogP contribution in [-0.2, 0) is 0 Å². The average molecular weight is 54.1 g/mol. The molecule has 1 N–H and O–H groups in total. The predicted octanol–water partition coefficient (Wildman–Crippen LogP) is -0.0417. The number of hydrogen-bond acceptors (Lipinski definition) is 1. The Bertz CT molecular complexity index is 33.0. The molecule has 0 atom stereocenters. The van der Waals surface area contributed by atoms with Crippen LogP contribution >= 0.6 is 0 Å². The van der Waals surface area contributed by atoms with Crippen LogP contribution in [0.5, 0.6) is 0 Å². The topological polar surface area (TPSA) is 12.0 Å². The van der Waals surface area contributed by atoms with E-state index in [9.17, 15) is 0 Å². The highest BCUT2D eigenvalue weighted by Crippen LogP contribution is 1.22. The Labute approximate surface area is 26.0 Å². The first-order valence-electron chi connectivity index (χ1n) is 0.892. The molecule has 0 aliphatic heterocycles. The maximum atomic E-state index is 4.60. The summed E-state index contributed by atoms with van der Waals surface area (Å²) in [5, 5.41) is 2.21. The molecule has 0 aromatic carbocycles. The lowest BCUT2D eigenvalue weighted by Gasteiger charge is -1.64. The number of nitrogens with one attached hydrogen (secondary N) is 1. The minimum Gasteiger partial charge on any atom is -0.344 e. The molecule has 1 heteroatoms. The molecule has 0 heterocycles. The zero-order chi connectivity index (χ0) is 3.41. The summed E-state index contributed by atoms with van der Waals surface area (Å²) in [6.07, 6.45) is 4.60. The molecule has 0 aromatic heterocycles. The summed E-state index contributed by atoms with van der Waals surface area (Å²) in [5.74, 6) is 0. The van der Waals surface area contributed by atoms with Crippen molar-refractivity contribution in [3.63, 3.8) is 0 Å². The molecule has 4 heavy (non-hydrogen) atoms. The highest BCUT2D eigenvalue weighted by molar-refractivity contribution is 4.78. The van der Waals surface area contributed by atoms with Crippen molar-refractivity contribution >= 4 is 0 Å². The second-order valence-electron chi connectivity index (χ2n) is 0.321. The molecule has 0 unspecified atom stereocenters. The van der Waals surface area contributed by atoms with Crippen molar-refractivity contribution in [3.05, 3.63) is 7.05 Å². The van der Waals surface area contributed by atoms with Gasteiger partial charge in [-0.25, -0.2) is 0 Å². The van der Waals surface area contributed by atoms with Gasteiger partial charge in [0.05, 0.1) is 0 Å². The molecule has 0 fully saturated rings. The summed E-state index contributed by atoms with van der Waals surface area (Å²) in [6.45, 7) is 0. The zero-order valence-electron chi connectivity index (χ0n) is 2.28. The van der Waals surface area contributed by atoms with Crippen molar-refractivity contribution < 1.29 is 0 Å². The molecule has 0 rings (SSSR count). The summed E-state index contributed by atoms with van der Waals surface area (Å²) in [5.41, 5.74) is 0. The van der Waals surface area contributed by atoms with E-state index >= 15 is 0 Å². The SMILES string of the molecule is C#CN[CH2]. The third-order valence-electron chi connectivity index (χ3n) is 0.102. The number of terminal acetylenes is 1. The van der Waals surface area contributed by atoms with Crippen LogP contribution in [-0.4, -0.2) is 0 Å². The highest BCUT2D eigenvalue weighted by Gasteiger charge is 1.34. The van der Waals surface area contributed by atoms with Gasteiger partial charge in [0.15, 0.2) is 0 Å². The van der Waals surface area contributed by atoms with Gasteiger partial charge >= 0.3 is 0 Å². The van der Waals surface area contributed by atoms with E-state index in [0.29, 0.717) is 0 Å². The Morgan fingerprint density at radius 3 is 2.25 bits per heavy atom. The Morgan fingerprint density at radius 1 is 2.00 bits per heavy atom. The molecular weight excluding hydrogens is 50.0 g/mol. The van der Waals surface area contributed by atoms with Gasteiger partial charge in [-0.3, -0.25) is 0 Å². The summed E-state index contributed by atoms with van der Waals surface area (Å²) >= 11 is 0. The second-order valence-corrected chi connectivity index (χ2v) is 0.321. The van der Waals surface area contributed by atoms with Crippen molar-refractivity contribution in [2.45, 2.75) is 0 Å². The van der Waals surface area contributed by atoms with Crippen LogP contribution in [0.15, 0.2) is 0 Å². The van der Waals surface area contributed by atoms with Crippen LogP contribution in [0.1, 0.15) is 0 Å². The average Bonchev–Trinajstić information content (AvgIpc) is 1.37. The van der Waals surface area contributed by atoms with Gasteiger partial charge < -0.3 is 5.32 Å². The number of rotatable bonds is 0. The van der Waals surface area contributed by atoms with Gasteiger partial charge in [-0.15, -0.1) is 0 Å². The van der Waals surface area contributed by atoms with E-state index in [-0.39, 0.29) is 0 Å². The zero-order valence-corrected chi connectivity index (χ0v) is 2.28. The summed E-state index contributed by atoms with van der Waals surface area (Å²) < 4.78 is 0. The minimum atomic E-state index is 2.07. The first kappa shape index (κ1) is 3.36. The monoisotopic (exact) mass is 54.0 g/mol. The lowest BCUT2D eigenvalue weighted by Crippen LogP contribution is -1.83. The maximum Gasteiger partial charge on any atom is 0.0410 e. The lowest BCUT2D eigenvalue weighted by molar-refractivity contribution is 1.27. The van der Waals surface area contributed by atoms with Gasteiger partial charge in [0, 0.05) is 13.1 Å². The van der Waals surface area contributed by atoms with Crippen LogP contribution in [0.25, 0.3) is 0 Å². The van der Waals surface area contributed by atoms with E-state index in [0.717, 1.165) is 0 Å². The van der Waals surface area contributed by atoms with E-state index < -0.39 is 0 Å². The van der Waals surface area contributed by atoms with E-state index in [2.05, 4.69) is 24.8 Å². The molecule has 21 valence electrons. The Hall–Kier alpha value is -0.640.